The molecule has 0 fully saturated rings. The molecule has 3 heteroatoms. The van der Waals surface area contributed by atoms with Crippen LogP contribution in [0.15, 0.2) is 42.5 Å². The molecule has 2 aromatic rings. The molecule has 0 bridgehead atoms. The summed E-state index contributed by atoms with van der Waals surface area (Å²) in [5, 5.41) is 12.9. The molecule has 1 atom stereocenters. The molecule has 1 aliphatic rings. The van der Waals surface area contributed by atoms with Crippen molar-refractivity contribution in [1.82, 2.24) is 0 Å². The van der Waals surface area contributed by atoms with Crippen LogP contribution in [0.25, 0.3) is 0 Å². The third kappa shape index (κ3) is 2.97. The van der Waals surface area contributed by atoms with Gasteiger partial charge in [-0.05, 0) is 29.2 Å². The van der Waals surface area contributed by atoms with Gasteiger partial charge in [0.15, 0.2) is 0 Å². The van der Waals surface area contributed by atoms with E-state index in [0.717, 1.165) is 24.4 Å². The summed E-state index contributed by atoms with van der Waals surface area (Å²) in [6.07, 6.45) is 0.954. The minimum atomic E-state index is 0.0826. The van der Waals surface area contributed by atoms with E-state index in [4.69, 9.17) is 4.74 Å². The third-order valence-corrected chi connectivity index (χ3v) is 3.90. The Labute approximate surface area is 125 Å². The fraction of sp³-hybridized carbons (Fsp3) is 0.333. The molecular formula is C18H21NO2. The van der Waals surface area contributed by atoms with E-state index in [1.165, 1.54) is 11.1 Å². The Hall–Kier alpha value is -2.16. The van der Waals surface area contributed by atoms with Crippen molar-refractivity contribution in [3.8, 4) is 11.5 Å². The summed E-state index contributed by atoms with van der Waals surface area (Å²) in [6, 6.07) is 13.7. The topological polar surface area (TPSA) is 41.5 Å². The molecule has 110 valence electrons. The predicted molar refractivity (Wildman–Crippen MR) is 85.2 cm³/mol. The first-order chi connectivity index (χ1) is 10.1. The van der Waals surface area contributed by atoms with Crippen molar-refractivity contribution >= 4 is 5.69 Å². The Morgan fingerprint density at radius 1 is 1.24 bits per heavy atom. The second kappa shape index (κ2) is 5.68. The maximum absolute atomic E-state index is 9.57. The molecule has 21 heavy (non-hydrogen) atoms. The lowest BCUT2D eigenvalue weighted by atomic mass is 9.93. The highest BCUT2D eigenvalue weighted by Crippen LogP contribution is 2.33. The maximum atomic E-state index is 9.57. The lowest BCUT2D eigenvalue weighted by Crippen LogP contribution is -2.32. The van der Waals surface area contributed by atoms with Crippen LogP contribution in [-0.4, -0.2) is 17.8 Å². The number of fused-ring (bicyclic) bond motifs is 1. The minimum absolute atomic E-state index is 0.0826. The molecule has 0 aliphatic carbocycles. The molecule has 0 aromatic heterocycles. The van der Waals surface area contributed by atoms with Crippen molar-refractivity contribution < 1.29 is 9.84 Å². The number of anilines is 1. The van der Waals surface area contributed by atoms with Crippen LogP contribution in [0.1, 0.15) is 30.9 Å². The smallest absolute Gasteiger partial charge is 0.146 e. The number of nitrogens with one attached hydrogen (secondary N) is 1. The number of aromatic hydroxyl groups is 1. The normalized spacial score (nSPS) is 17.0. The Morgan fingerprint density at radius 3 is 2.86 bits per heavy atom. The van der Waals surface area contributed by atoms with Crippen LogP contribution < -0.4 is 10.1 Å². The molecular weight excluding hydrogens is 262 g/mol. The van der Waals surface area contributed by atoms with Crippen molar-refractivity contribution in [1.29, 1.82) is 0 Å². The van der Waals surface area contributed by atoms with Crippen LogP contribution in [-0.2, 0) is 6.42 Å². The summed E-state index contributed by atoms with van der Waals surface area (Å²) in [7, 11) is 0. The van der Waals surface area contributed by atoms with E-state index in [-0.39, 0.29) is 11.9 Å². The number of phenols is 1. The second-order valence-corrected chi connectivity index (χ2v) is 5.86. The Bertz CT molecular complexity index is 637. The van der Waals surface area contributed by atoms with Gasteiger partial charge in [0.2, 0.25) is 0 Å². The standard InChI is InChI=1S/C18H21NO2/c1-12(2)16-6-4-3-5-13(16)9-15-11-19-17-8-7-14(20)10-18(17)21-15/h3-8,10,12,15,19-20H,9,11H2,1-2H3. The van der Waals surface area contributed by atoms with Crippen LogP contribution in [0.4, 0.5) is 5.69 Å². The van der Waals surface area contributed by atoms with Gasteiger partial charge in [-0.1, -0.05) is 38.1 Å². The summed E-state index contributed by atoms with van der Waals surface area (Å²) >= 11 is 0. The molecule has 0 radical (unpaired) electrons. The van der Waals surface area contributed by atoms with Gasteiger partial charge < -0.3 is 15.2 Å². The van der Waals surface area contributed by atoms with Gasteiger partial charge in [0.05, 0.1) is 12.2 Å². The number of benzene rings is 2. The van der Waals surface area contributed by atoms with Crippen LogP contribution in [0.3, 0.4) is 0 Å². The number of rotatable bonds is 3. The Morgan fingerprint density at radius 2 is 2.05 bits per heavy atom. The number of phenolic OH excluding ortho intramolecular Hbond substituents is 1. The first-order valence-corrected chi connectivity index (χ1v) is 7.45. The van der Waals surface area contributed by atoms with E-state index >= 15 is 0 Å². The molecule has 2 N–H and O–H groups in total. The third-order valence-electron chi connectivity index (χ3n) is 3.90. The monoisotopic (exact) mass is 283 g/mol. The fourth-order valence-electron chi connectivity index (χ4n) is 2.84. The van der Waals surface area contributed by atoms with Crippen LogP contribution in [0, 0.1) is 0 Å². The van der Waals surface area contributed by atoms with Crippen LogP contribution in [0.2, 0.25) is 0 Å². The Kier molecular flexibility index (Phi) is 3.74. The van der Waals surface area contributed by atoms with E-state index in [0.29, 0.717) is 5.92 Å². The lowest BCUT2D eigenvalue weighted by molar-refractivity contribution is 0.205. The zero-order valence-electron chi connectivity index (χ0n) is 12.5. The van der Waals surface area contributed by atoms with Crippen molar-refractivity contribution in [2.45, 2.75) is 32.3 Å². The van der Waals surface area contributed by atoms with Gasteiger partial charge in [0, 0.05) is 12.5 Å². The van der Waals surface area contributed by atoms with Gasteiger partial charge >= 0.3 is 0 Å². The summed E-state index contributed by atoms with van der Waals surface area (Å²) in [5.41, 5.74) is 3.66. The summed E-state index contributed by atoms with van der Waals surface area (Å²) in [6.45, 7) is 5.21. The second-order valence-electron chi connectivity index (χ2n) is 5.86. The van der Waals surface area contributed by atoms with Gasteiger partial charge in [-0.2, -0.15) is 0 Å². The molecule has 1 unspecified atom stereocenters. The van der Waals surface area contributed by atoms with Crippen molar-refractivity contribution in [3.05, 3.63) is 53.6 Å². The summed E-state index contributed by atoms with van der Waals surface area (Å²) < 4.78 is 6.03. The highest BCUT2D eigenvalue weighted by Gasteiger charge is 2.21. The van der Waals surface area contributed by atoms with E-state index in [1.54, 1.807) is 12.1 Å². The van der Waals surface area contributed by atoms with Crippen LogP contribution >= 0.6 is 0 Å². The van der Waals surface area contributed by atoms with E-state index in [9.17, 15) is 5.11 Å². The van der Waals surface area contributed by atoms with Gasteiger partial charge in [-0.3, -0.25) is 0 Å². The fourth-order valence-corrected chi connectivity index (χ4v) is 2.84. The first-order valence-electron chi connectivity index (χ1n) is 7.45. The zero-order valence-corrected chi connectivity index (χ0v) is 12.5. The molecule has 3 rings (SSSR count). The van der Waals surface area contributed by atoms with E-state index in [1.807, 2.05) is 6.07 Å². The molecule has 0 saturated heterocycles. The average Bonchev–Trinajstić information content (AvgIpc) is 2.47. The zero-order chi connectivity index (χ0) is 14.8. The predicted octanol–water partition coefficient (Wildman–Crippen LogP) is 3.93. The van der Waals surface area contributed by atoms with Gasteiger partial charge in [0.25, 0.3) is 0 Å². The quantitative estimate of drug-likeness (QED) is 0.839. The van der Waals surface area contributed by atoms with Crippen molar-refractivity contribution in [2.24, 2.45) is 0 Å². The summed E-state index contributed by atoms with van der Waals surface area (Å²) in [5.74, 6) is 1.47. The first kappa shape index (κ1) is 13.8. The molecule has 2 aromatic carbocycles. The lowest BCUT2D eigenvalue weighted by Gasteiger charge is -2.28. The van der Waals surface area contributed by atoms with Crippen molar-refractivity contribution in [2.75, 3.05) is 11.9 Å². The molecule has 0 amide bonds. The van der Waals surface area contributed by atoms with E-state index in [2.05, 4.69) is 43.4 Å². The average molecular weight is 283 g/mol. The SMILES string of the molecule is CC(C)c1ccccc1CC1CNc2ccc(O)cc2O1. The molecule has 0 spiro atoms. The minimum Gasteiger partial charge on any atom is -0.508 e. The maximum Gasteiger partial charge on any atom is 0.146 e. The van der Waals surface area contributed by atoms with Gasteiger partial charge in [-0.25, -0.2) is 0 Å². The number of ether oxygens (including phenoxy) is 1. The molecule has 3 nitrogen and oxygen atoms in total. The van der Waals surface area contributed by atoms with E-state index < -0.39 is 0 Å². The highest BCUT2D eigenvalue weighted by atomic mass is 16.5. The Balaban J connectivity index is 1.78. The number of hydrogen-bond acceptors (Lipinski definition) is 3. The summed E-state index contributed by atoms with van der Waals surface area (Å²) in [4.78, 5) is 0. The largest absolute Gasteiger partial charge is 0.508 e. The van der Waals surface area contributed by atoms with Gasteiger partial charge in [0.1, 0.15) is 17.6 Å². The highest BCUT2D eigenvalue weighted by molar-refractivity contribution is 5.60. The molecule has 0 saturated carbocycles. The van der Waals surface area contributed by atoms with Crippen LogP contribution in [0.5, 0.6) is 11.5 Å². The number of hydrogen-bond donors (Lipinski definition) is 2. The van der Waals surface area contributed by atoms with Crippen molar-refractivity contribution in [3.63, 3.8) is 0 Å². The molecule has 1 heterocycles. The van der Waals surface area contributed by atoms with Gasteiger partial charge in [-0.15, -0.1) is 0 Å². The molecule has 1 aliphatic heterocycles.